The molecule has 0 aromatic heterocycles. The average molecular weight is 442 g/mol. The molecule has 1 saturated heterocycles. The predicted octanol–water partition coefficient (Wildman–Crippen LogP) is 3.90. The van der Waals surface area contributed by atoms with Gasteiger partial charge < -0.3 is 10.1 Å². The van der Waals surface area contributed by atoms with Gasteiger partial charge in [-0.1, -0.05) is 6.07 Å². The molecule has 6 nitrogen and oxygen atoms in total. The summed E-state index contributed by atoms with van der Waals surface area (Å²) in [6.45, 7) is 2.40. The lowest BCUT2D eigenvalue weighted by molar-refractivity contribution is -0.137. The molecule has 2 aromatic rings. The second-order valence-corrected chi connectivity index (χ2v) is 8.64. The van der Waals surface area contributed by atoms with Gasteiger partial charge in [0.2, 0.25) is 15.9 Å². The number of benzene rings is 2. The van der Waals surface area contributed by atoms with Crippen molar-refractivity contribution < 1.29 is 31.1 Å². The molecule has 3 rings (SSSR count). The van der Waals surface area contributed by atoms with E-state index in [1.54, 1.807) is 0 Å². The van der Waals surface area contributed by atoms with Gasteiger partial charge >= 0.3 is 6.18 Å². The van der Waals surface area contributed by atoms with Gasteiger partial charge in [0, 0.05) is 12.2 Å². The number of ether oxygens (including phenoxy) is 1. The van der Waals surface area contributed by atoms with Crippen LogP contribution in [0.4, 0.5) is 18.9 Å². The molecule has 1 N–H and O–H groups in total. The van der Waals surface area contributed by atoms with E-state index in [1.807, 2.05) is 6.92 Å². The summed E-state index contributed by atoms with van der Waals surface area (Å²) >= 11 is 0. The molecule has 0 spiro atoms. The fraction of sp³-hybridized carbons (Fsp3) is 0.350. The third-order valence-corrected chi connectivity index (χ3v) is 6.63. The largest absolute Gasteiger partial charge is 0.494 e. The number of hydrogen-bond donors (Lipinski definition) is 1. The van der Waals surface area contributed by atoms with Crippen molar-refractivity contribution in [1.82, 2.24) is 4.31 Å². The Hall–Kier alpha value is -2.59. The van der Waals surface area contributed by atoms with Crippen LogP contribution in [0.25, 0.3) is 0 Å². The number of halogens is 3. The van der Waals surface area contributed by atoms with Gasteiger partial charge in [-0.15, -0.1) is 0 Å². The van der Waals surface area contributed by atoms with Crippen molar-refractivity contribution in [3.8, 4) is 5.75 Å². The first-order valence-corrected chi connectivity index (χ1v) is 10.8. The van der Waals surface area contributed by atoms with Crippen LogP contribution in [-0.2, 0) is 21.0 Å². The molecule has 0 saturated carbocycles. The molecular formula is C20H21F3N2O4S. The van der Waals surface area contributed by atoms with Gasteiger partial charge in [-0.3, -0.25) is 4.79 Å². The molecule has 0 radical (unpaired) electrons. The topological polar surface area (TPSA) is 75.7 Å². The number of rotatable bonds is 6. The summed E-state index contributed by atoms with van der Waals surface area (Å²) < 4.78 is 71.1. The molecule has 1 unspecified atom stereocenters. The first kappa shape index (κ1) is 22.1. The highest BCUT2D eigenvalue weighted by atomic mass is 32.2. The van der Waals surface area contributed by atoms with Crippen molar-refractivity contribution in [3.63, 3.8) is 0 Å². The van der Waals surface area contributed by atoms with Crippen LogP contribution in [-0.4, -0.2) is 37.8 Å². The number of carbonyl (C=O) groups is 1. The molecule has 0 bridgehead atoms. The van der Waals surface area contributed by atoms with E-state index >= 15 is 0 Å². The van der Waals surface area contributed by atoms with Crippen molar-refractivity contribution in [2.75, 3.05) is 18.5 Å². The lowest BCUT2D eigenvalue weighted by Gasteiger charge is -2.23. The lowest BCUT2D eigenvalue weighted by atomic mass is 10.1. The lowest BCUT2D eigenvalue weighted by Crippen LogP contribution is -2.43. The maximum Gasteiger partial charge on any atom is 0.416 e. The number of hydrogen-bond acceptors (Lipinski definition) is 4. The SMILES string of the molecule is CCOc1ccc(S(=O)(=O)N2CCCC2C(=O)Nc2cccc(C(F)(F)F)c2)cc1. The Bertz CT molecular complexity index is 1010. The molecular weight excluding hydrogens is 421 g/mol. The first-order chi connectivity index (χ1) is 14.1. The number of nitrogens with zero attached hydrogens (tertiary/aromatic N) is 1. The van der Waals surface area contributed by atoms with Crippen LogP contribution in [0.15, 0.2) is 53.4 Å². The molecule has 1 aliphatic heterocycles. The normalized spacial score (nSPS) is 17.7. The highest BCUT2D eigenvalue weighted by Gasteiger charge is 2.39. The molecule has 1 aliphatic rings. The maximum atomic E-state index is 13.0. The number of alkyl halides is 3. The van der Waals surface area contributed by atoms with E-state index in [2.05, 4.69) is 5.32 Å². The minimum absolute atomic E-state index is 0.0183. The number of sulfonamides is 1. The van der Waals surface area contributed by atoms with Crippen molar-refractivity contribution in [3.05, 3.63) is 54.1 Å². The summed E-state index contributed by atoms with van der Waals surface area (Å²) in [4.78, 5) is 12.7. The van der Waals surface area contributed by atoms with Gasteiger partial charge in [0.1, 0.15) is 11.8 Å². The fourth-order valence-electron chi connectivity index (χ4n) is 3.30. The molecule has 162 valence electrons. The van der Waals surface area contributed by atoms with Gasteiger partial charge in [0.05, 0.1) is 17.1 Å². The van der Waals surface area contributed by atoms with Crippen LogP contribution in [0.2, 0.25) is 0 Å². The second kappa shape index (κ2) is 8.65. The van der Waals surface area contributed by atoms with Crippen LogP contribution >= 0.6 is 0 Å². The molecule has 1 fully saturated rings. The predicted molar refractivity (Wildman–Crippen MR) is 105 cm³/mol. The molecule has 1 atom stereocenters. The van der Waals surface area contributed by atoms with Gasteiger partial charge in [0.15, 0.2) is 0 Å². The van der Waals surface area contributed by atoms with Crippen molar-refractivity contribution in [2.24, 2.45) is 0 Å². The smallest absolute Gasteiger partial charge is 0.416 e. The average Bonchev–Trinajstić information content (AvgIpc) is 3.19. The summed E-state index contributed by atoms with van der Waals surface area (Å²) in [6, 6.07) is 9.09. The highest BCUT2D eigenvalue weighted by molar-refractivity contribution is 7.89. The first-order valence-electron chi connectivity index (χ1n) is 9.36. The van der Waals surface area contributed by atoms with Gasteiger partial charge in [-0.05, 0) is 62.2 Å². The standard InChI is InChI=1S/C20H21F3N2O4S/c1-2-29-16-8-10-17(11-9-16)30(27,28)25-12-4-7-18(25)19(26)24-15-6-3-5-14(13-15)20(21,22)23/h3,5-6,8-11,13,18H,2,4,7,12H2,1H3,(H,24,26). The minimum atomic E-state index is -4.54. The van der Waals surface area contributed by atoms with E-state index in [0.29, 0.717) is 18.8 Å². The number of nitrogens with one attached hydrogen (secondary N) is 1. The number of carbonyl (C=O) groups excluding carboxylic acids is 1. The summed E-state index contributed by atoms with van der Waals surface area (Å²) in [6.07, 6.45) is -3.80. The number of anilines is 1. The fourth-order valence-corrected chi connectivity index (χ4v) is 4.96. The van der Waals surface area contributed by atoms with E-state index in [9.17, 15) is 26.4 Å². The molecule has 2 aromatic carbocycles. The Morgan fingerprint density at radius 3 is 2.53 bits per heavy atom. The zero-order valence-corrected chi connectivity index (χ0v) is 17.0. The van der Waals surface area contributed by atoms with Crippen molar-refractivity contribution >= 4 is 21.6 Å². The van der Waals surface area contributed by atoms with Gasteiger partial charge in [-0.25, -0.2) is 8.42 Å². The summed E-state index contributed by atoms with van der Waals surface area (Å²) in [5, 5.41) is 2.41. The Labute approximate surface area is 172 Å². The van der Waals surface area contributed by atoms with E-state index in [0.717, 1.165) is 16.4 Å². The summed E-state index contributed by atoms with van der Waals surface area (Å²) in [7, 11) is -3.95. The molecule has 0 aliphatic carbocycles. The van der Waals surface area contributed by atoms with Crippen molar-refractivity contribution in [2.45, 2.75) is 36.9 Å². The van der Waals surface area contributed by atoms with E-state index in [1.165, 1.54) is 36.4 Å². The van der Waals surface area contributed by atoms with Crippen molar-refractivity contribution in [1.29, 1.82) is 0 Å². The van der Waals surface area contributed by atoms with Crippen LogP contribution in [0.1, 0.15) is 25.3 Å². The molecule has 10 heteroatoms. The number of amides is 1. The maximum absolute atomic E-state index is 13.0. The highest BCUT2D eigenvalue weighted by Crippen LogP contribution is 2.32. The zero-order chi connectivity index (χ0) is 21.9. The van der Waals surface area contributed by atoms with E-state index < -0.39 is 33.7 Å². The Kier molecular flexibility index (Phi) is 6.37. The Balaban J connectivity index is 1.78. The van der Waals surface area contributed by atoms with Crippen LogP contribution in [0, 0.1) is 0 Å². The minimum Gasteiger partial charge on any atom is -0.494 e. The second-order valence-electron chi connectivity index (χ2n) is 6.75. The molecule has 1 amide bonds. The Morgan fingerprint density at radius 1 is 1.20 bits per heavy atom. The van der Waals surface area contributed by atoms with Crippen LogP contribution in [0.5, 0.6) is 5.75 Å². The van der Waals surface area contributed by atoms with Gasteiger partial charge in [0.25, 0.3) is 0 Å². The van der Waals surface area contributed by atoms with Crippen LogP contribution < -0.4 is 10.1 Å². The molecule has 30 heavy (non-hydrogen) atoms. The quantitative estimate of drug-likeness (QED) is 0.737. The third kappa shape index (κ3) is 4.76. The summed E-state index contributed by atoms with van der Waals surface area (Å²) in [5.41, 5.74) is -0.939. The van der Waals surface area contributed by atoms with Gasteiger partial charge in [-0.2, -0.15) is 17.5 Å². The summed E-state index contributed by atoms with van der Waals surface area (Å²) in [5.74, 6) is -0.141. The zero-order valence-electron chi connectivity index (χ0n) is 16.1. The van der Waals surface area contributed by atoms with Crippen LogP contribution in [0.3, 0.4) is 0 Å². The van der Waals surface area contributed by atoms with E-state index in [-0.39, 0.29) is 23.5 Å². The third-order valence-electron chi connectivity index (χ3n) is 4.71. The molecule has 1 heterocycles. The Morgan fingerprint density at radius 2 is 1.90 bits per heavy atom. The van der Waals surface area contributed by atoms with E-state index in [4.69, 9.17) is 4.74 Å². The monoisotopic (exact) mass is 442 g/mol.